The van der Waals surface area contributed by atoms with E-state index in [1.807, 2.05) is 0 Å². The van der Waals surface area contributed by atoms with Crippen molar-refractivity contribution in [2.24, 2.45) is 0 Å². The molecule has 1 atom stereocenters. The predicted octanol–water partition coefficient (Wildman–Crippen LogP) is 2.74. The number of nitrogens with zero attached hydrogens (tertiary/aromatic N) is 1. The summed E-state index contributed by atoms with van der Waals surface area (Å²) in [7, 11) is -3.67. The zero-order valence-corrected chi connectivity index (χ0v) is 11.6. The highest BCUT2D eigenvalue weighted by molar-refractivity contribution is 7.49. The molecule has 0 saturated carbocycles. The van der Waals surface area contributed by atoms with Gasteiger partial charge in [0.05, 0.1) is 31.7 Å². The van der Waals surface area contributed by atoms with E-state index in [-0.39, 0.29) is 0 Å². The Hall–Kier alpha value is 0.320. The smallest absolute Gasteiger partial charge is 0.379 e. The number of hydrogen-bond acceptors (Lipinski definition) is 6. The second-order valence-electron chi connectivity index (χ2n) is 3.68. The number of halogens is 1. The fourth-order valence-electron chi connectivity index (χ4n) is 1.35. The lowest BCUT2D eigenvalue weighted by Crippen LogP contribution is -2.35. The lowest BCUT2D eigenvalue weighted by Gasteiger charge is -2.27. The van der Waals surface area contributed by atoms with Crippen molar-refractivity contribution in [2.45, 2.75) is 26.2 Å². The third-order valence-electron chi connectivity index (χ3n) is 2.27. The Morgan fingerprint density at radius 1 is 1.35 bits per heavy atom. The van der Waals surface area contributed by atoms with E-state index in [1.54, 1.807) is 0 Å². The van der Waals surface area contributed by atoms with Gasteiger partial charge in [0.1, 0.15) is 0 Å². The molecule has 0 bridgehead atoms. The van der Waals surface area contributed by atoms with Gasteiger partial charge < -0.3 is 4.74 Å². The zero-order valence-electron chi connectivity index (χ0n) is 9.97. The standard InChI is InChI=1S/C9H19ClNO5P/c1-2-3-4-7-14-17(12,15-10)16-11-5-8-13-9-6-11/h2-9H2,1H3. The van der Waals surface area contributed by atoms with Gasteiger partial charge in [-0.05, 0) is 6.42 Å². The number of unbranched alkanes of at least 4 members (excludes halogenated alkanes) is 2. The SMILES string of the molecule is CCCCCOP(=O)(OCl)ON1CCOCC1. The molecule has 0 spiro atoms. The Morgan fingerprint density at radius 2 is 2.06 bits per heavy atom. The molecule has 1 saturated heterocycles. The van der Waals surface area contributed by atoms with Gasteiger partial charge in [-0.15, -0.1) is 0 Å². The van der Waals surface area contributed by atoms with Gasteiger partial charge in [-0.2, -0.15) is 13.8 Å². The van der Waals surface area contributed by atoms with Crippen LogP contribution in [0.2, 0.25) is 0 Å². The Labute approximate surface area is 107 Å². The molecule has 0 N–H and O–H groups in total. The summed E-state index contributed by atoms with van der Waals surface area (Å²) in [5, 5.41) is 1.49. The van der Waals surface area contributed by atoms with Crippen LogP contribution >= 0.6 is 19.7 Å². The maximum atomic E-state index is 11.9. The Bertz CT molecular complexity index is 250. The molecule has 1 fully saturated rings. The van der Waals surface area contributed by atoms with Crippen molar-refractivity contribution in [1.29, 1.82) is 0 Å². The van der Waals surface area contributed by atoms with E-state index in [0.29, 0.717) is 32.9 Å². The number of rotatable bonds is 8. The summed E-state index contributed by atoms with van der Waals surface area (Å²) in [6.07, 6.45) is 2.85. The van der Waals surface area contributed by atoms with Gasteiger partial charge in [0, 0.05) is 13.1 Å². The van der Waals surface area contributed by atoms with Gasteiger partial charge >= 0.3 is 7.82 Å². The molecule has 8 heteroatoms. The highest BCUT2D eigenvalue weighted by Gasteiger charge is 2.31. The van der Waals surface area contributed by atoms with E-state index < -0.39 is 7.82 Å². The van der Waals surface area contributed by atoms with Crippen molar-refractivity contribution in [3.8, 4) is 0 Å². The monoisotopic (exact) mass is 287 g/mol. The molecule has 1 unspecified atom stereocenters. The Kier molecular flexibility index (Phi) is 7.62. The molecule has 17 heavy (non-hydrogen) atoms. The quantitative estimate of drug-likeness (QED) is 0.505. The van der Waals surface area contributed by atoms with Crippen LogP contribution in [0, 0.1) is 0 Å². The number of phosphoric acid groups is 1. The van der Waals surface area contributed by atoms with Crippen molar-refractivity contribution in [1.82, 2.24) is 5.06 Å². The van der Waals surface area contributed by atoms with E-state index in [0.717, 1.165) is 19.3 Å². The fourth-order valence-corrected chi connectivity index (χ4v) is 2.46. The van der Waals surface area contributed by atoms with Gasteiger partial charge in [0.15, 0.2) is 0 Å². The lowest BCUT2D eigenvalue weighted by molar-refractivity contribution is -0.133. The molecule has 102 valence electrons. The molecule has 1 aliphatic heterocycles. The second kappa shape index (κ2) is 8.43. The van der Waals surface area contributed by atoms with Crippen LogP contribution in [0.5, 0.6) is 0 Å². The topological polar surface area (TPSA) is 57.2 Å². The van der Waals surface area contributed by atoms with E-state index in [4.69, 9.17) is 25.8 Å². The summed E-state index contributed by atoms with van der Waals surface area (Å²) in [6.45, 7) is 4.46. The largest absolute Gasteiger partial charge is 0.508 e. The van der Waals surface area contributed by atoms with E-state index in [9.17, 15) is 4.57 Å². The van der Waals surface area contributed by atoms with Crippen LogP contribution in [0.1, 0.15) is 26.2 Å². The summed E-state index contributed by atoms with van der Waals surface area (Å²) in [5.41, 5.74) is 0. The van der Waals surface area contributed by atoms with Gasteiger partial charge in [-0.1, -0.05) is 19.8 Å². The summed E-state index contributed by atoms with van der Waals surface area (Å²) >= 11 is 5.17. The van der Waals surface area contributed by atoms with Crippen molar-refractivity contribution >= 4 is 19.7 Å². The third kappa shape index (κ3) is 6.15. The molecule has 6 nitrogen and oxygen atoms in total. The summed E-state index contributed by atoms with van der Waals surface area (Å²) in [5.74, 6) is 0. The predicted molar refractivity (Wildman–Crippen MR) is 63.5 cm³/mol. The molecule has 0 aromatic carbocycles. The average Bonchev–Trinajstić information content (AvgIpc) is 2.36. The van der Waals surface area contributed by atoms with E-state index in [1.165, 1.54) is 5.06 Å². The Balaban J connectivity index is 2.30. The molecule has 0 amide bonds. The molecule has 1 heterocycles. The highest BCUT2D eigenvalue weighted by atomic mass is 35.5. The van der Waals surface area contributed by atoms with Crippen LogP contribution < -0.4 is 0 Å². The summed E-state index contributed by atoms with van der Waals surface area (Å²) in [4.78, 5) is 0. The van der Waals surface area contributed by atoms with Crippen molar-refractivity contribution in [3.63, 3.8) is 0 Å². The third-order valence-corrected chi connectivity index (χ3v) is 3.87. The van der Waals surface area contributed by atoms with Crippen molar-refractivity contribution in [3.05, 3.63) is 0 Å². The van der Waals surface area contributed by atoms with Gasteiger partial charge in [-0.3, -0.25) is 4.52 Å². The maximum absolute atomic E-state index is 11.9. The summed E-state index contributed by atoms with van der Waals surface area (Å²) < 4.78 is 31.6. The van der Waals surface area contributed by atoms with Crippen LogP contribution in [-0.4, -0.2) is 38.0 Å². The van der Waals surface area contributed by atoms with Gasteiger partial charge in [0.25, 0.3) is 0 Å². The average molecular weight is 288 g/mol. The van der Waals surface area contributed by atoms with Gasteiger partial charge in [-0.25, -0.2) is 4.57 Å². The first-order valence-corrected chi connectivity index (χ1v) is 7.54. The molecule has 1 aliphatic rings. The second-order valence-corrected chi connectivity index (χ2v) is 5.55. The summed E-state index contributed by atoms with van der Waals surface area (Å²) in [6, 6.07) is 0. The molecular weight excluding hydrogens is 269 g/mol. The minimum absolute atomic E-state index is 0.308. The molecule has 1 rings (SSSR count). The fraction of sp³-hybridized carbons (Fsp3) is 1.00. The number of ether oxygens (including phenoxy) is 1. The first kappa shape index (κ1) is 15.4. The van der Waals surface area contributed by atoms with Gasteiger partial charge in [0.2, 0.25) is 0 Å². The normalized spacial score (nSPS) is 21.3. The number of hydroxylamine groups is 2. The molecular formula is C9H19ClNO5P. The first-order chi connectivity index (χ1) is 8.20. The van der Waals surface area contributed by atoms with Crippen molar-refractivity contribution in [2.75, 3.05) is 32.9 Å². The van der Waals surface area contributed by atoms with Crippen LogP contribution in [0.3, 0.4) is 0 Å². The molecule has 0 radical (unpaired) electrons. The minimum Gasteiger partial charge on any atom is -0.379 e. The first-order valence-electron chi connectivity index (χ1n) is 5.77. The van der Waals surface area contributed by atoms with E-state index in [2.05, 4.69) is 11.0 Å². The molecule has 0 aromatic rings. The van der Waals surface area contributed by atoms with Crippen LogP contribution in [-0.2, 0) is 22.5 Å². The molecule has 0 aliphatic carbocycles. The van der Waals surface area contributed by atoms with Crippen molar-refractivity contribution < 1.29 is 22.5 Å². The highest BCUT2D eigenvalue weighted by Crippen LogP contribution is 2.51. The molecule has 0 aromatic heterocycles. The Morgan fingerprint density at radius 3 is 2.65 bits per heavy atom. The number of morpholine rings is 1. The van der Waals surface area contributed by atoms with Crippen LogP contribution in [0.4, 0.5) is 0 Å². The maximum Gasteiger partial charge on any atom is 0.508 e. The van der Waals surface area contributed by atoms with Crippen LogP contribution in [0.15, 0.2) is 0 Å². The lowest BCUT2D eigenvalue weighted by atomic mass is 10.3. The minimum atomic E-state index is -3.67. The zero-order chi connectivity index (χ0) is 12.6. The van der Waals surface area contributed by atoms with Crippen LogP contribution in [0.25, 0.3) is 0 Å². The number of hydrogen-bond donors (Lipinski definition) is 0. The van der Waals surface area contributed by atoms with E-state index >= 15 is 0 Å².